The van der Waals surface area contributed by atoms with Crippen molar-refractivity contribution in [3.63, 3.8) is 0 Å². The Bertz CT molecular complexity index is 586. The van der Waals surface area contributed by atoms with Gasteiger partial charge in [0.1, 0.15) is 0 Å². The largest absolute Gasteiger partial charge is 0.369 e. The highest BCUT2D eigenvalue weighted by Crippen LogP contribution is 2.27. The second-order valence-electron chi connectivity index (χ2n) is 5.41. The van der Waals surface area contributed by atoms with Crippen LogP contribution in [-0.4, -0.2) is 42.5 Å². The minimum atomic E-state index is -0.886. The van der Waals surface area contributed by atoms with Crippen molar-refractivity contribution in [1.82, 2.24) is 10.6 Å². The lowest BCUT2D eigenvalue weighted by atomic mass is 9.86. The minimum Gasteiger partial charge on any atom is -0.369 e. The van der Waals surface area contributed by atoms with Gasteiger partial charge in [-0.05, 0) is 30.7 Å². The number of nitrogens with one attached hydrogen (secondary N) is 2. The van der Waals surface area contributed by atoms with E-state index in [9.17, 15) is 18.4 Å². The van der Waals surface area contributed by atoms with Crippen molar-refractivity contribution in [2.45, 2.75) is 18.4 Å². The van der Waals surface area contributed by atoms with Gasteiger partial charge in [-0.25, -0.2) is 8.78 Å². The molecule has 0 spiro atoms. The Morgan fingerprint density at radius 2 is 2.09 bits per heavy atom. The SMILES string of the molecule is NC(=O)CSCC(=O)NC1CNCCC1c1ccc(F)c(F)c1. The molecule has 5 nitrogen and oxygen atoms in total. The molecule has 4 N–H and O–H groups in total. The molecule has 2 atom stereocenters. The summed E-state index contributed by atoms with van der Waals surface area (Å²) in [5.74, 6) is -2.32. The minimum absolute atomic E-state index is 0.0862. The molecule has 0 aromatic heterocycles. The van der Waals surface area contributed by atoms with Gasteiger partial charge in [-0.15, -0.1) is 11.8 Å². The average Bonchev–Trinajstić information content (AvgIpc) is 2.50. The third-order valence-electron chi connectivity index (χ3n) is 3.68. The molecule has 1 aromatic carbocycles. The summed E-state index contributed by atoms with van der Waals surface area (Å²) in [5, 5.41) is 6.06. The van der Waals surface area contributed by atoms with Crippen LogP contribution in [0.15, 0.2) is 18.2 Å². The van der Waals surface area contributed by atoms with Gasteiger partial charge in [0.15, 0.2) is 11.6 Å². The first-order chi connectivity index (χ1) is 11.0. The van der Waals surface area contributed by atoms with E-state index in [-0.39, 0.29) is 29.4 Å². The van der Waals surface area contributed by atoms with Gasteiger partial charge < -0.3 is 16.4 Å². The number of thioether (sulfide) groups is 1. The van der Waals surface area contributed by atoms with Gasteiger partial charge >= 0.3 is 0 Å². The van der Waals surface area contributed by atoms with Crippen LogP contribution in [0.5, 0.6) is 0 Å². The molecule has 0 aliphatic carbocycles. The van der Waals surface area contributed by atoms with Gasteiger partial charge in [0.2, 0.25) is 11.8 Å². The van der Waals surface area contributed by atoms with Crippen molar-refractivity contribution in [3.05, 3.63) is 35.4 Å². The lowest BCUT2D eigenvalue weighted by Crippen LogP contribution is -2.50. The summed E-state index contributed by atoms with van der Waals surface area (Å²) in [6.45, 7) is 1.29. The number of halogens is 2. The van der Waals surface area contributed by atoms with Crippen molar-refractivity contribution in [2.75, 3.05) is 24.6 Å². The van der Waals surface area contributed by atoms with Gasteiger partial charge in [0.25, 0.3) is 0 Å². The Morgan fingerprint density at radius 1 is 1.30 bits per heavy atom. The van der Waals surface area contributed by atoms with E-state index in [1.807, 2.05) is 0 Å². The average molecular weight is 343 g/mol. The molecule has 0 radical (unpaired) electrons. The van der Waals surface area contributed by atoms with Crippen molar-refractivity contribution in [3.8, 4) is 0 Å². The zero-order valence-corrected chi connectivity index (χ0v) is 13.3. The van der Waals surface area contributed by atoms with E-state index in [1.165, 1.54) is 6.07 Å². The summed E-state index contributed by atoms with van der Waals surface area (Å²) < 4.78 is 26.5. The van der Waals surface area contributed by atoms with Crippen LogP contribution >= 0.6 is 11.8 Å². The van der Waals surface area contributed by atoms with Crippen LogP contribution in [0, 0.1) is 11.6 Å². The summed E-state index contributed by atoms with van der Waals surface area (Å²) in [6.07, 6.45) is 0.713. The molecule has 0 bridgehead atoms. The molecular weight excluding hydrogens is 324 g/mol. The van der Waals surface area contributed by atoms with E-state index >= 15 is 0 Å². The number of primary amides is 1. The molecule has 8 heteroatoms. The first-order valence-electron chi connectivity index (χ1n) is 7.28. The van der Waals surface area contributed by atoms with Crippen molar-refractivity contribution < 1.29 is 18.4 Å². The topological polar surface area (TPSA) is 84.2 Å². The second kappa shape index (κ2) is 8.26. The standard InChI is InChI=1S/C15H19F2N3O2S/c16-11-2-1-9(5-12(11)17)10-3-4-19-6-13(10)20-15(22)8-23-7-14(18)21/h1-2,5,10,13,19H,3-4,6-8H2,(H2,18,21)(H,20,22). The van der Waals surface area contributed by atoms with Crippen LogP contribution in [0.2, 0.25) is 0 Å². The highest BCUT2D eigenvalue weighted by atomic mass is 32.2. The molecule has 2 amide bonds. The maximum absolute atomic E-state index is 13.4. The number of amides is 2. The molecule has 23 heavy (non-hydrogen) atoms. The molecule has 0 saturated carbocycles. The third-order valence-corrected chi connectivity index (χ3v) is 4.63. The van der Waals surface area contributed by atoms with Crippen LogP contribution < -0.4 is 16.4 Å². The van der Waals surface area contributed by atoms with E-state index < -0.39 is 17.5 Å². The number of piperidine rings is 1. The lowest BCUT2D eigenvalue weighted by molar-refractivity contribution is -0.119. The number of benzene rings is 1. The number of nitrogens with two attached hydrogens (primary N) is 1. The molecule has 126 valence electrons. The summed E-state index contributed by atoms with van der Waals surface area (Å²) >= 11 is 1.14. The number of carbonyl (C=O) groups is 2. The van der Waals surface area contributed by atoms with Crippen LogP contribution in [0.3, 0.4) is 0 Å². The van der Waals surface area contributed by atoms with E-state index in [1.54, 1.807) is 6.07 Å². The molecule has 1 saturated heterocycles. The summed E-state index contributed by atoms with van der Waals surface area (Å²) in [4.78, 5) is 22.6. The van der Waals surface area contributed by atoms with E-state index in [0.29, 0.717) is 18.5 Å². The predicted molar refractivity (Wildman–Crippen MR) is 85.0 cm³/mol. The highest BCUT2D eigenvalue weighted by Gasteiger charge is 2.28. The Labute approximate surface area is 137 Å². The zero-order chi connectivity index (χ0) is 16.8. The number of hydrogen-bond donors (Lipinski definition) is 3. The van der Waals surface area contributed by atoms with Crippen LogP contribution in [-0.2, 0) is 9.59 Å². The first kappa shape index (κ1) is 17.7. The fraction of sp³-hybridized carbons (Fsp3) is 0.467. The molecule has 2 rings (SSSR count). The quantitative estimate of drug-likeness (QED) is 0.711. The monoisotopic (exact) mass is 343 g/mol. The predicted octanol–water partition coefficient (Wildman–Crippen LogP) is 0.745. The second-order valence-corrected chi connectivity index (χ2v) is 6.39. The molecular formula is C15H19F2N3O2S. The van der Waals surface area contributed by atoms with Crippen molar-refractivity contribution >= 4 is 23.6 Å². The summed E-state index contributed by atoms with van der Waals surface area (Å²) in [5.41, 5.74) is 5.69. The van der Waals surface area contributed by atoms with Crippen LogP contribution in [0.4, 0.5) is 8.78 Å². The fourth-order valence-corrected chi connectivity index (χ4v) is 3.22. The lowest BCUT2D eigenvalue weighted by Gasteiger charge is -2.33. The van der Waals surface area contributed by atoms with Gasteiger partial charge in [-0.2, -0.15) is 0 Å². The molecule has 1 aromatic rings. The molecule has 2 unspecified atom stereocenters. The van der Waals surface area contributed by atoms with Crippen LogP contribution in [0.25, 0.3) is 0 Å². The van der Waals surface area contributed by atoms with Gasteiger partial charge in [0, 0.05) is 18.5 Å². The Hall–Kier alpha value is -1.67. The molecule has 1 aliphatic rings. The maximum Gasteiger partial charge on any atom is 0.230 e. The number of carbonyl (C=O) groups excluding carboxylic acids is 2. The van der Waals surface area contributed by atoms with E-state index in [0.717, 1.165) is 24.4 Å². The van der Waals surface area contributed by atoms with Gasteiger partial charge in [-0.1, -0.05) is 6.07 Å². The molecule has 1 aliphatic heterocycles. The first-order valence-corrected chi connectivity index (χ1v) is 8.44. The summed E-state index contributed by atoms with van der Waals surface area (Å²) in [7, 11) is 0. The summed E-state index contributed by atoms with van der Waals surface area (Å²) in [6, 6.07) is 3.63. The van der Waals surface area contributed by atoms with Gasteiger partial charge in [-0.3, -0.25) is 9.59 Å². The van der Waals surface area contributed by atoms with Crippen LogP contribution in [0.1, 0.15) is 17.9 Å². The van der Waals surface area contributed by atoms with Crippen molar-refractivity contribution in [2.24, 2.45) is 5.73 Å². The van der Waals surface area contributed by atoms with E-state index in [4.69, 9.17) is 5.73 Å². The zero-order valence-electron chi connectivity index (χ0n) is 12.5. The Balaban J connectivity index is 1.99. The Morgan fingerprint density at radius 3 is 2.78 bits per heavy atom. The highest BCUT2D eigenvalue weighted by molar-refractivity contribution is 8.00. The molecule has 1 heterocycles. The fourth-order valence-electron chi connectivity index (χ4n) is 2.64. The number of hydrogen-bond acceptors (Lipinski definition) is 4. The number of rotatable bonds is 6. The molecule has 1 fully saturated rings. The van der Waals surface area contributed by atoms with Gasteiger partial charge in [0.05, 0.1) is 11.5 Å². The Kier molecular flexibility index (Phi) is 6.35. The van der Waals surface area contributed by atoms with Crippen molar-refractivity contribution in [1.29, 1.82) is 0 Å². The van der Waals surface area contributed by atoms with E-state index in [2.05, 4.69) is 10.6 Å². The maximum atomic E-state index is 13.4. The third kappa shape index (κ3) is 5.18. The normalized spacial score (nSPS) is 21.0. The smallest absolute Gasteiger partial charge is 0.230 e.